The van der Waals surface area contributed by atoms with Crippen molar-refractivity contribution < 1.29 is 13.6 Å². The number of halogens is 3. The second-order valence-corrected chi connectivity index (χ2v) is 4.81. The third-order valence-corrected chi connectivity index (χ3v) is 3.11. The van der Waals surface area contributed by atoms with Gasteiger partial charge in [0.25, 0.3) is 0 Å². The number of nitrogens with one attached hydrogen (secondary N) is 1. The molecule has 4 nitrogen and oxygen atoms in total. The van der Waals surface area contributed by atoms with Crippen LogP contribution in [0.15, 0.2) is 18.2 Å². The largest absolute Gasteiger partial charge is 0.327 e. The number of nitrogens with zero attached hydrogens (tertiary/aromatic N) is 1. The highest BCUT2D eigenvalue weighted by atomic mass is 35.5. The summed E-state index contributed by atoms with van der Waals surface area (Å²) < 4.78 is 26.1. The van der Waals surface area contributed by atoms with E-state index in [2.05, 4.69) is 5.32 Å². The van der Waals surface area contributed by atoms with E-state index in [1.54, 1.807) is 0 Å². The van der Waals surface area contributed by atoms with Gasteiger partial charge in [0.05, 0.1) is 12.2 Å². The monoisotopic (exact) mass is 305 g/mol. The summed E-state index contributed by atoms with van der Waals surface area (Å²) in [5, 5.41) is 2.44. The van der Waals surface area contributed by atoms with E-state index in [1.807, 2.05) is 4.90 Å². The van der Waals surface area contributed by atoms with Crippen LogP contribution in [0, 0.1) is 11.6 Å². The molecule has 1 unspecified atom stereocenters. The van der Waals surface area contributed by atoms with Crippen molar-refractivity contribution in [2.75, 3.05) is 25.0 Å². The first-order valence-corrected chi connectivity index (χ1v) is 6.27. The third kappa shape index (κ3) is 4.70. The Morgan fingerprint density at radius 2 is 2.20 bits per heavy atom. The number of benzene rings is 1. The van der Waals surface area contributed by atoms with Crippen LogP contribution >= 0.6 is 12.4 Å². The lowest BCUT2D eigenvalue weighted by Crippen LogP contribution is -2.45. The summed E-state index contributed by atoms with van der Waals surface area (Å²) in [6.07, 6.45) is 1.92. The number of carbonyl (C=O) groups is 1. The molecule has 0 aliphatic carbocycles. The Kier molecular flexibility index (Phi) is 6.32. The normalized spacial score (nSPS) is 19.2. The number of nitrogens with two attached hydrogens (primary N) is 1. The fourth-order valence-corrected chi connectivity index (χ4v) is 2.22. The van der Waals surface area contributed by atoms with Crippen molar-refractivity contribution in [3.63, 3.8) is 0 Å². The molecule has 1 atom stereocenters. The highest BCUT2D eigenvalue weighted by Crippen LogP contribution is 2.15. The fraction of sp³-hybridized carbons (Fsp3) is 0.462. The molecule has 0 radical (unpaired) electrons. The molecule has 1 saturated heterocycles. The molecule has 1 aliphatic heterocycles. The van der Waals surface area contributed by atoms with Crippen LogP contribution in [-0.2, 0) is 4.79 Å². The van der Waals surface area contributed by atoms with Crippen molar-refractivity contribution in [3.8, 4) is 0 Å². The molecule has 1 aliphatic rings. The van der Waals surface area contributed by atoms with E-state index in [4.69, 9.17) is 5.73 Å². The van der Waals surface area contributed by atoms with Crippen LogP contribution in [0.1, 0.15) is 12.8 Å². The Labute approximate surface area is 122 Å². The van der Waals surface area contributed by atoms with Gasteiger partial charge in [0.2, 0.25) is 5.91 Å². The Balaban J connectivity index is 0.00000200. The van der Waals surface area contributed by atoms with Crippen LogP contribution in [0.3, 0.4) is 0 Å². The second-order valence-electron chi connectivity index (χ2n) is 4.81. The zero-order chi connectivity index (χ0) is 13.8. The number of rotatable bonds is 3. The molecule has 2 rings (SSSR count). The molecule has 20 heavy (non-hydrogen) atoms. The summed E-state index contributed by atoms with van der Waals surface area (Å²) in [6, 6.07) is 3.15. The molecule has 3 N–H and O–H groups in total. The van der Waals surface area contributed by atoms with Gasteiger partial charge in [-0.15, -0.1) is 12.4 Å². The molecule has 0 bridgehead atoms. The van der Waals surface area contributed by atoms with E-state index < -0.39 is 11.6 Å². The highest BCUT2D eigenvalue weighted by molar-refractivity contribution is 5.92. The fourth-order valence-electron chi connectivity index (χ4n) is 2.22. The molecule has 1 amide bonds. The minimum Gasteiger partial charge on any atom is -0.327 e. The molecule has 0 aromatic heterocycles. The summed E-state index contributed by atoms with van der Waals surface area (Å²) in [5.41, 5.74) is 5.81. The molecule has 1 fully saturated rings. The van der Waals surface area contributed by atoms with Crippen LogP contribution in [0.5, 0.6) is 0 Å². The lowest BCUT2D eigenvalue weighted by atomic mass is 10.1. The van der Waals surface area contributed by atoms with E-state index in [0.717, 1.165) is 31.5 Å². The first kappa shape index (κ1) is 16.8. The first-order valence-electron chi connectivity index (χ1n) is 6.27. The molecule has 1 heterocycles. The zero-order valence-electron chi connectivity index (χ0n) is 10.9. The van der Waals surface area contributed by atoms with Crippen molar-refractivity contribution in [1.29, 1.82) is 0 Å². The SMILES string of the molecule is Cl.NC1CCCN(CC(=O)Nc2ccc(F)cc2F)C1. The molecule has 7 heteroatoms. The maximum Gasteiger partial charge on any atom is 0.238 e. The number of piperidine rings is 1. The van der Waals surface area contributed by atoms with Gasteiger partial charge in [-0.1, -0.05) is 0 Å². The minimum atomic E-state index is -0.774. The molecular formula is C13H18ClF2N3O. The van der Waals surface area contributed by atoms with Crippen molar-refractivity contribution in [2.24, 2.45) is 5.73 Å². The van der Waals surface area contributed by atoms with E-state index in [9.17, 15) is 13.6 Å². The maximum absolute atomic E-state index is 13.4. The van der Waals surface area contributed by atoms with Crippen LogP contribution in [0.25, 0.3) is 0 Å². The predicted octanol–water partition coefficient (Wildman–Crippen LogP) is 1.75. The number of amides is 1. The average molecular weight is 306 g/mol. The second kappa shape index (κ2) is 7.52. The van der Waals surface area contributed by atoms with Crippen molar-refractivity contribution in [3.05, 3.63) is 29.8 Å². The Morgan fingerprint density at radius 3 is 2.85 bits per heavy atom. The lowest BCUT2D eigenvalue weighted by Gasteiger charge is -2.29. The average Bonchev–Trinajstić information content (AvgIpc) is 2.33. The molecule has 1 aromatic rings. The van der Waals surface area contributed by atoms with Crippen LogP contribution in [-0.4, -0.2) is 36.5 Å². The summed E-state index contributed by atoms with van der Waals surface area (Å²) >= 11 is 0. The van der Waals surface area contributed by atoms with E-state index >= 15 is 0 Å². The van der Waals surface area contributed by atoms with Crippen LogP contribution in [0.4, 0.5) is 14.5 Å². The minimum absolute atomic E-state index is 0. The summed E-state index contributed by atoms with van der Waals surface area (Å²) in [7, 11) is 0. The summed E-state index contributed by atoms with van der Waals surface area (Å²) in [5.74, 6) is -1.76. The molecule has 0 saturated carbocycles. The van der Waals surface area contributed by atoms with Crippen molar-refractivity contribution in [2.45, 2.75) is 18.9 Å². The Bertz CT molecular complexity index is 473. The van der Waals surface area contributed by atoms with Gasteiger partial charge in [0.1, 0.15) is 11.6 Å². The highest BCUT2D eigenvalue weighted by Gasteiger charge is 2.19. The van der Waals surface area contributed by atoms with Crippen LogP contribution in [0.2, 0.25) is 0 Å². The lowest BCUT2D eigenvalue weighted by molar-refractivity contribution is -0.117. The van der Waals surface area contributed by atoms with E-state index in [1.165, 1.54) is 6.07 Å². The van der Waals surface area contributed by atoms with Crippen molar-refractivity contribution >= 4 is 24.0 Å². The van der Waals surface area contributed by atoms with Gasteiger partial charge in [0.15, 0.2) is 0 Å². The number of likely N-dealkylation sites (tertiary alicyclic amines) is 1. The standard InChI is InChI=1S/C13H17F2N3O.ClH/c14-9-3-4-12(11(15)6-9)17-13(19)8-18-5-1-2-10(16)7-18;/h3-4,6,10H,1-2,5,7-8,16H2,(H,17,19);1H. The molecule has 0 spiro atoms. The van der Waals surface area contributed by atoms with Gasteiger partial charge < -0.3 is 11.1 Å². The van der Waals surface area contributed by atoms with Crippen LogP contribution < -0.4 is 11.1 Å². The maximum atomic E-state index is 13.4. The quantitative estimate of drug-likeness (QED) is 0.894. The van der Waals surface area contributed by atoms with E-state index in [0.29, 0.717) is 6.54 Å². The van der Waals surface area contributed by atoms with Gasteiger partial charge in [-0.3, -0.25) is 9.69 Å². The number of hydrogen-bond acceptors (Lipinski definition) is 3. The van der Waals surface area contributed by atoms with Gasteiger partial charge in [-0.25, -0.2) is 8.78 Å². The smallest absolute Gasteiger partial charge is 0.238 e. The molecular weight excluding hydrogens is 288 g/mol. The van der Waals surface area contributed by atoms with Gasteiger partial charge >= 0.3 is 0 Å². The zero-order valence-corrected chi connectivity index (χ0v) is 11.8. The van der Waals surface area contributed by atoms with E-state index in [-0.39, 0.29) is 36.6 Å². The summed E-state index contributed by atoms with van der Waals surface area (Å²) in [6.45, 7) is 1.65. The Morgan fingerprint density at radius 1 is 1.45 bits per heavy atom. The topological polar surface area (TPSA) is 58.4 Å². The van der Waals surface area contributed by atoms with Crippen molar-refractivity contribution in [1.82, 2.24) is 4.90 Å². The summed E-state index contributed by atoms with van der Waals surface area (Å²) in [4.78, 5) is 13.7. The number of hydrogen-bond donors (Lipinski definition) is 2. The number of carbonyl (C=O) groups excluding carboxylic acids is 1. The third-order valence-electron chi connectivity index (χ3n) is 3.11. The van der Waals surface area contributed by atoms with Gasteiger partial charge in [0, 0.05) is 18.7 Å². The molecule has 112 valence electrons. The Hall–Kier alpha value is -1.24. The number of anilines is 1. The van der Waals surface area contributed by atoms with Gasteiger partial charge in [-0.2, -0.15) is 0 Å². The first-order chi connectivity index (χ1) is 9.04. The predicted molar refractivity (Wildman–Crippen MR) is 75.9 cm³/mol. The molecule has 1 aromatic carbocycles. The van der Waals surface area contributed by atoms with Gasteiger partial charge in [-0.05, 0) is 31.5 Å².